The van der Waals surface area contributed by atoms with Crippen molar-refractivity contribution in [3.63, 3.8) is 0 Å². The van der Waals surface area contributed by atoms with Gasteiger partial charge in [-0.1, -0.05) is 12.1 Å². The number of hydrogen-bond acceptors (Lipinski definition) is 4. The molecular formula is C17H29IN4O2. The first kappa shape index (κ1) is 20.8. The summed E-state index contributed by atoms with van der Waals surface area (Å²) in [5.41, 5.74) is 1.15. The van der Waals surface area contributed by atoms with Crippen molar-refractivity contribution < 1.29 is 9.47 Å². The zero-order valence-electron chi connectivity index (χ0n) is 14.7. The molecule has 7 heteroatoms. The predicted octanol–water partition coefficient (Wildman–Crippen LogP) is 2.09. The van der Waals surface area contributed by atoms with Crippen molar-refractivity contribution in [2.75, 3.05) is 51.9 Å². The van der Waals surface area contributed by atoms with Gasteiger partial charge < -0.3 is 25.0 Å². The highest BCUT2D eigenvalue weighted by Gasteiger charge is 2.25. The van der Waals surface area contributed by atoms with Crippen LogP contribution in [0.3, 0.4) is 0 Å². The second-order valence-corrected chi connectivity index (χ2v) is 5.50. The molecule has 0 bridgehead atoms. The number of rotatable bonds is 7. The van der Waals surface area contributed by atoms with Crippen LogP contribution >= 0.6 is 24.0 Å². The van der Waals surface area contributed by atoms with Crippen molar-refractivity contribution in [1.29, 1.82) is 0 Å². The lowest BCUT2D eigenvalue weighted by molar-refractivity contribution is 0.208. The van der Waals surface area contributed by atoms with E-state index in [1.807, 2.05) is 12.1 Å². The molecule has 1 aliphatic heterocycles. The number of aliphatic imine (C=N–C) groups is 1. The fourth-order valence-corrected chi connectivity index (χ4v) is 2.75. The minimum Gasteiger partial charge on any atom is -0.495 e. The number of nitrogens with one attached hydrogen (secondary N) is 2. The third kappa shape index (κ3) is 6.01. The molecule has 1 fully saturated rings. The molecule has 0 radical (unpaired) electrons. The smallest absolute Gasteiger partial charge is 0.191 e. The van der Waals surface area contributed by atoms with E-state index in [1.54, 1.807) is 14.2 Å². The van der Waals surface area contributed by atoms with Gasteiger partial charge in [-0.2, -0.15) is 0 Å². The van der Waals surface area contributed by atoms with Gasteiger partial charge in [0.05, 0.1) is 25.9 Å². The fourth-order valence-electron chi connectivity index (χ4n) is 2.75. The van der Waals surface area contributed by atoms with Crippen LogP contribution < -0.4 is 20.3 Å². The number of halogens is 1. The summed E-state index contributed by atoms with van der Waals surface area (Å²) in [6, 6.07) is 8.54. The maximum absolute atomic E-state index is 5.47. The molecule has 24 heavy (non-hydrogen) atoms. The van der Waals surface area contributed by atoms with Gasteiger partial charge >= 0.3 is 0 Å². The first-order valence-corrected chi connectivity index (χ1v) is 8.20. The molecule has 1 atom stereocenters. The first-order chi connectivity index (χ1) is 11.3. The molecule has 6 nitrogen and oxygen atoms in total. The van der Waals surface area contributed by atoms with Crippen LogP contribution in [0.1, 0.15) is 13.3 Å². The molecule has 0 spiro atoms. The van der Waals surface area contributed by atoms with Crippen LogP contribution in [-0.4, -0.2) is 59.0 Å². The van der Waals surface area contributed by atoms with Gasteiger partial charge in [-0.15, -0.1) is 24.0 Å². The summed E-state index contributed by atoms with van der Waals surface area (Å²) in [6.45, 7) is 6.17. The number of ether oxygens (including phenoxy) is 2. The number of guanidine groups is 1. The van der Waals surface area contributed by atoms with Crippen LogP contribution in [0.2, 0.25) is 0 Å². The van der Waals surface area contributed by atoms with Gasteiger partial charge in [0.25, 0.3) is 0 Å². The van der Waals surface area contributed by atoms with Crippen LogP contribution in [0.25, 0.3) is 0 Å². The molecule has 136 valence electrons. The van der Waals surface area contributed by atoms with Gasteiger partial charge in [-0.05, 0) is 25.5 Å². The molecule has 1 aliphatic rings. The van der Waals surface area contributed by atoms with E-state index in [0.29, 0.717) is 19.2 Å². The lowest BCUT2D eigenvalue weighted by atomic mass is 10.2. The summed E-state index contributed by atoms with van der Waals surface area (Å²) in [5.74, 6) is 1.78. The Kier molecular flexibility index (Phi) is 9.85. The van der Waals surface area contributed by atoms with Crippen LogP contribution in [0.5, 0.6) is 5.75 Å². The second-order valence-electron chi connectivity index (χ2n) is 5.50. The summed E-state index contributed by atoms with van der Waals surface area (Å²) in [5, 5.41) is 6.80. The highest BCUT2D eigenvalue weighted by Crippen LogP contribution is 2.30. The fraction of sp³-hybridized carbons (Fsp3) is 0.588. The van der Waals surface area contributed by atoms with Crippen LogP contribution in [-0.2, 0) is 4.74 Å². The molecule has 1 unspecified atom stereocenters. The highest BCUT2D eigenvalue weighted by atomic mass is 127. The number of anilines is 1. The van der Waals surface area contributed by atoms with Gasteiger partial charge in [-0.3, -0.25) is 4.99 Å². The minimum absolute atomic E-state index is 0. The summed E-state index contributed by atoms with van der Waals surface area (Å²) in [7, 11) is 3.41. The Labute approximate surface area is 162 Å². The van der Waals surface area contributed by atoms with Crippen molar-refractivity contribution in [2.24, 2.45) is 4.99 Å². The lowest BCUT2D eigenvalue weighted by Gasteiger charge is -2.22. The third-order valence-electron chi connectivity index (χ3n) is 3.86. The zero-order valence-corrected chi connectivity index (χ0v) is 17.1. The Morgan fingerprint density at radius 1 is 1.33 bits per heavy atom. The molecule has 1 heterocycles. The number of nitrogens with zero attached hydrogens (tertiary/aromatic N) is 2. The predicted molar refractivity (Wildman–Crippen MR) is 110 cm³/mol. The summed E-state index contributed by atoms with van der Waals surface area (Å²) in [4.78, 5) is 6.88. The molecule has 1 aromatic rings. The maximum atomic E-state index is 5.47. The van der Waals surface area contributed by atoms with E-state index in [2.05, 4.69) is 39.6 Å². The number of methoxy groups -OCH3 is 2. The van der Waals surface area contributed by atoms with E-state index >= 15 is 0 Å². The topological polar surface area (TPSA) is 58.1 Å². The SMILES string of the molecule is CCNC(=NCCOC)NC1CCN(c2ccccc2OC)C1.I. The number of hydrogen-bond donors (Lipinski definition) is 2. The van der Waals surface area contributed by atoms with Crippen LogP contribution in [0.15, 0.2) is 29.3 Å². The zero-order chi connectivity index (χ0) is 16.5. The van der Waals surface area contributed by atoms with Gasteiger partial charge in [0.15, 0.2) is 5.96 Å². The Balaban J connectivity index is 0.00000288. The summed E-state index contributed by atoms with van der Waals surface area (Å²) < 4.78 is 10.5. The largest absolute Gasteiger partial charge is 0.495 e. The van der Waals surface area contributed by atoms with Gasteiger partial charge in [0.2, 0.25) is 0 Å². The highest BCUT2D eigenvalue weighted by molar-refractivity contribution is 14.0. The first-order valence-electron chi connectivity index (χ1n) is 8.20. The lowest BCUT2D eigenvalue weighted by Crippen LogP contribution is -2.44. The van der Waals surface area contributed by atoms with Crippen molar-refractivity contribution in [1.82, 2.24) is 10.6 Å². The summed E-state index contributed by atoms with van der Waals surface area (Å²) >= 11 is 0. The van der Waals surface area contributed by atoms with Gasteiger partial charge in [0, 0.05) is 32.8 Å². The van der Waals surface area contributed by atoms with Crippen LogP contribution in [0.4, 0.5) is 5.69 Å². The normalized spacial score (nSPS) is 17.4. The minimum atomic E-state index is 0. The average Bonchev–Trinajstić information content (AvgIpc) is 3.03. The van der Waals surface area contributed by atoms with Crippen molar-refractivity contribution >= 4 is 35.6 Å². The Hall–Kier alpha value is -1.22. The van der Waals surface area contributed by atoms with Crippen molar-refractivity contribution in [2.45, 2.75) is 19.4 Å². The van der Waals surface area contributed by atoms with E-state index < -0.39 is 0 Å². The van der Waals surface area contributed by atoms with E-state index in [1.165, 1.54) is 0 Å². The second kappa shape index (κ2) is 11.4. The van der Waals surface area contributed by atoms with Crippen molar-refractivity contribution in [3.05, 3.63) is 24.3 Å². The standard InChI is InChI=1S/C17H28N4O2.HI/c1-4-18-17(19-10-12-22-2)20-14-9-11-21(13-14)15-7-5-6-8-16(15)23-3;/h5-8,14H,4,9-13H2,1-3H3,(H2,18,19,20);1H. The number of benzene rings is 1. The van der Waals surface area contributed by atoms with Gasteiger partial charge in [0.1, 0.15) is 5.75 Å². The molecule has 2 N–H and O–H groups in total. The van der Waals surface area contributed by atoms with E-state index in [-0.39, 0.29) is 24.0 Å². The quantitative estimate of drug-likeness (QED) is 0.290. The average molecular weight is 448 g/mol. The molecule has 0 aromatic heterocycles. The third-order valence-corrected chi connectivity index (χ3v) is 3.86. The van der Waals surface area contributed by atoms with Gasteiger partial charge in [-0.25, -0.2) is 0 Å². The van der Waals surface area contributed by atoms with E-state index in [4.69, 9.17) is 9.47 Å². The molecule has 1 saturated heterocycles. The van der Waals surface area contributed by atoms with Crippen molar-refractivity contribution in [3.8, 4) is 5.75 Å². The molecule has 0 amide bonds. The molecule has 2 rings (SSSR count). The molecular weight excluding hydrogens is 419 g/mol. The Morgan fingerprint density at radius 2 is 2.12 bits per heavy atom. The molecule has 1 aromatic carbocycles. The number of para-hydroxylation sites is 2. The Bertz CT molecular complexity index is 513. The van der Waals surface area contributed by atoms with E-state index in [9.17, 15) is 0 Å². The molecule has 0 aliphatic carbocycles. The maximum Gasteiger partial charge on any atom is 0.191 e. The van der Waals surface area contributed by atoms with E-state index in [0.717, 1.165) is 43.5 Å². The Morgan fingerprint density at radius 3 is 2.83 bits per heavy atom. The monoisotopic (exact) mass is 448 g/mol. The van der Waals surface area contributed by atoms with Crippen LogP contribution in [0, 0.1) is 0 Å². The molecule has 0 saturated carbocycles. The summed E-state index contributed by atoms with van der Waals surface area (Å²) in [6.07, 6.45) is 1.08.